The fourth-order valence-corrected chi connectivity index (χ4v) is 3.33. The molecule has 4 rings (SSSR count). The van der Waals surface area contributed by atoms with Gasteiger partial charge in [-0.1, -0.05) is 0 Å². The molecule has 2 saturated heterocycles. The number of imidazole rings is 1. The van der Waals surface area contributed by atoms with E-state index in [4.69, 9.17) is 0 Å². The van der Waals surface area contributed by atoms with Crippen molar-refractivity contribution in [3.8, 4) is 11.5 Å². The minimum Gasteiger partial charge on any atom is -0.343 e. The van der Waals surface area contributed by atoms with Crippen molar-refractivity contribution in [1.82, 2.24) is 24.8 Å². The molecule has 0 radical (unpaired) electrons. The molecular formula is C16H17N5O2. The smallest absolute Gasteiger partial charge is 0.254 e. The van der Waals surface area contributed by atoms with Crippen molar-refractivity contribution in [2.75, 3.05) is 19.6 Å². The number of rotatable bonds is 2. The highest BCUT2D eigenvalue weighted by atomic mass is 16.2. The third kappa shape index (κ3) is 2.48. The maximum atomic E-state index is 12.8. The molecule has 1 unspecified atom stereocenters. The standard InChI is InChI=1S/C16H17N5O2/c22-14-2-1-12-10-20(7-8-21(12)14)16(23)11-3-4-17-13(9-11)15-18-5-6-19-15/h3-6,9,12H,1-2,7-8,10H2,(H,18,19). The van der Waals surface area contributed by atoms with E-state index >= 15 is 0 Å². The van der Waals surface area contributed by atoms with Gasteiger partial charge in [-0.25, -0.2) is 4.98 Å². The number of H-pyrrole nitrogens is 1. The van der Waals surface area contributed by atoms with E-state index in [0.29, 0.717) is 43.1 Å². The van der Waals surface area contributed by atoms with Crippen molar-refractivity contribution in [1.29, 1.82) is 0 Å². The molecule has 118 valence electrons. The minimum absolute atomic E-state index is 0.0146. The van der Waals surface area contributed by atoms with Crippen molar-refractivity contribution >= 4 is 11.8 Å². The van der Waals surface area contributed by atoms with E-state index in [9.17, 15) is 9.59 Å². The van der Waals surface area contributed by atoms with Crippen LogP contribution in [-0.4, -0.2) is 62.2 Å². The Kier molecular flexibility index (Phi) is 3.33. The molecular weight excluding hydrogens is 294 g/mol. The van der Waals surface area contributed by atoms with Crippen LogP contribution in [0.25, 0.3) is 11.5 Å². The van der Waals surface area contributed by atoms with Crippen LogP contribution in [0.3, 0.4) is 0 Å². The first kappa shape index (κ1) is 13.9. The van der Waals surface area contributed by atoms with Crippen LogP contribution < -0.4 is 0 Å². The molecule has 2 fully saturated rings. The molecule has 23 heavy (non-hydrogen) atoms. The van der Waals surface area contributed by atoms with Crippen LogP contribution in [0.1, 0.15) is 23.2 Å². The largest absolute Gasteiger partial charge is 0.343 e. The molecule has 2 amide bonds. The van der Waals surface area contributed by atoms with Gasteiger partial charge in [-0.15, -0.1) is 0 Å². The number of nitrogens with zero attached hydrogens (tertiary/aromatic N) is 4. The van der Waals surface area contributed by atoms with Gasteiger partial charge in [0.2, 0.25) is 5.91 Å². The van der Waals surface area contributed by atoms with E-state index in [1.807, 2.05) is 9.80 Å². The first-order valence-corrected chi connectivity index (χ1v) is 7.77. The van der Waals surface area contributed by atoms with Gasteiger partial charge in [-0.3, -0.25) is 14.6 Å². The highest BCUT2D eigenvalue weighted by Gasteiger charge is 2.37. The average molecular weight is 311 g/mol. The predicted molar refractivity (Wildman–Crippen MR) is 82.5 cm³/mol. The van der Waals surface area contributed by atoms with Crippen LogP contribution >= 0.6 is 0 Å². The monoisotopic (exact) mass is 311 g/mol. The molecule has 2 aliphatic heterocycles. The Balaban J connectivity index is 1.53. The van der Waals surface area contributed by atoms with Gasteiger partial charge in [0.1, 0.15) is 5.69 Å². The highest BCUT2D eigenvalue weighted by Crippen LogP contribution is 2.24. The number of pyridine rings is 1. The average Bonchev–Trinajstić information content (AvgIpc) is 3.24. The predicted octanol–water partition coefficient (Wildman–Crippen LogP) is 0.918. The van der Waals surface area contributed by atoms with E-state index in [2.05, 4.69) is 15.0 Å². The van der Waals surface area contributed by atoms with E-state index in [1.54, 1.807) is 30.7 Å². The number of nitrogens with one attached hydrogen (secondary N) is 1. The van der Waals surface area contributed by atoms with Crippen molar-refractivity contribution in [2.45, 2.75) is 18.9 Å². The van der Waals surface area contributed by atoms with Crippen LogP contribution in [0.4, 0.5) is 0 Å². The number of aromatic nitrogens is 3. The van der Waals surface area contributed by atoms with Crippen molar-refractivity contribution in [2.24, 2.45) is 0 Å². The summed E-state index contributed by atoms with van der Waals surface area (Å²) in [5.41, 5.74) is 1.25. The summed E-state index contributed by atoms with van der Waals surface area (Å²) in [6.07, 6.45) is 6.45. The number of fused-ring (bicyclic) bond motifs is 1. The zero-order valence-electron chi connectivity index (χ0n) is 12.6. The number of aromatic amines is 1. The lowest BCUT2D eigenvalue weighted by atomic mass is 10.1. The summed E-state index contributed by atoms with van der Waals surface area (Å²) in [5.74, 6) is 0.844. The van der Waals surface area contributed by atoms with E-state index in [0.717, 1.165) is 6.42 Å². The molecule has 0 aliphatic carbocycles. The fraction of sp³-hybridized carbons (Fsp3) is 0.375. The molecule has 2 aliphatic rings. The second-order valence-corrected chi connectivity index (χ2v) is 5.90. The third-order valence-corrected chi connectivity index (χ3v) is 4.53. The molecule has 0 spiro atoms. The highest BCUT2D eigenvalue weighted by molar-refractivity contribution is 5.95. The van der Waals surface area contributed by atoms with Crippen LogP contribution in [0.5, 0.6) is 0 Å². The van der Waals surface area contributed by atoms with Crippen molar-refractivity contribution < 1.29 is 9.59 Å². The minimum atomic E-state index is -0.0146. The molecule has 1 N–H and O–H groups in total. The first-order chi connectivity index (χ1) is 11.2. The second-order valence-electron chi connectivity index (χ2n) is 5.90. The number of hydrogen-bond donors (Lipinski definition) is 1. The van der Waals surface area contributed by atoms with Gasteiger partial charge in [0.15, 0.2) is 5.82 Å². The zero-order valence-corrected chi connectivity index (χ0v) is 12.6. The van der Waals surface area contributed by atoms with E-state index in [1.165, 1.54) is 0 Å². The lowest BCUT2D eigenvalue weighted by Crippen LogP contribution is -2.53. The Morgan fingerprint density at radius 3 is 3.00 bits per heavy atom. The SMILES string of the molecule is O=C(c1ccnc(-c2ncc[nH]2)c1)N1CCN2C(=O)CCC2C1. The summed E-state index contributed by atoms with van der Waals surface area (Å²) in [6.45, 7) is 1.83. The molecule has 2 aromatic rings. The molecule has 4 heterocycles. The molecule has 1 atom stereocenters. The molecule has 7 heteroatoms. The summed E-state index contributed by atoms with van der Waals surface area (Å²) in [7, 11) is 0. The number of carbonyl (C=O) groups excluding carboxylic acids is 2. The van der Waals surface area contributed by atoms with Crippen molar-refractivity contribution in [3.05, 3.63) is 36.3 Å². The number of amides is 2. The van der Waals surface area contributed by atoms with Gasteiger partial charge >= 0.3 is 0 Å². The maximum Gasteiger partial charge on any atom is 0.254 e. The van der Waals surface area contributed by atoms with E-state index < -0.39 is 0 Å². The van der Waals surface area contributed by atoms with E-state index in [-0.39, 0.29) is 17.9 Å². The fourth-order valence-electron chi connectivity index (χ4n) is 3.33. The summed E-state index contributed by atoms with van der Waals surface area (Å²) >= 11 is 0. The van der Waals surface area contributed by atoms with Gasteiger partial charge in [-0.2, -0.15) is 0 Å². The van der Waals surface area contributed by atoms with Crippen molar-refractivity contribution in [3.63, 3.8) is 0 Å². The molecule has 2 aromatic heterocycles. The van der Waals surface area contributed by atoms with Crippen LogP contribution in [-0.2, 0) is 4.79 Å². The van der Waals surface area contributed by atoms with Gasteiger partial charge in [-0.05, 0) is 18.6 Å². The zero-order chi connectivity index (χ0) is 15.8. The molecule has 7 nitrogen and oxygen atoms in total. The quantitative estimate of drug-likeness (QED) is 0.894. The Labute approximate surface area is 133 Å². The topological polar surface area (TPSA) is 82.2 Å². The summed E-state index contributed by atoms with van der Waals surface area (Å²) < 4.78 is 0. The van der Waals surface area contributed by atoms with Crippen LogP contribution in [0.2, 0.25) is 0 Å². The number of hydrogen-bond acceptors (Lipinski definition) is 4. The van der Waals surface area contributed by atoms with Gasteiger partial charge < -0.3 is 14.8 Å². The number of carbonyl (C=O) groups is 2. The van der Waals surface area contributed by atoms with Gasteiger partial charge in [0.05, 0.1) is 0 Å². The maximum absolute atomic E-state index is 12.8. The normalized spacial score (nSPS) is 20.7. The third-order valence-electron chi connectivity index (χ3n) is 4.53. The first-order valence-electron chi connectivity index (χ1n) is 7.77. The van der Waals surface area contributed by atoms with Crippen LogP contribution in [0.15, 0.2) is 30.7 Å². The lowest BCUT2D eigenvalue weighted by molar-refractivity contribution is -0.130. The van der Waals surface area contributed by atoms with Gasteiger partial charge in [0, 0.05) is 56.3 Å². The lowest BCUT2D eigenvalue weighted by Gasteiger charge is -2.37. The Morgan fingerprint density at radius 1 is 1.26 bits per heavy atom. The van der Waals surface area contributed by atoms with Crippen LogP contribution in [0, 0.1) is 0 Å². The van der Waals surface area contributed by atoms with Gasteiger partial charge in [0.25, 0.3) is 5.91 Å². The summed E-state index contributed by atoms with van der Waals surface area (Å²) in [6, 6.07) is 3.65. The number of piperazine rings is 1. The molecule has 0 saturated carbocycles. The Hall–Kier alpha value is -2.70. The second kappa shape index (κ2) is 5.49. The Bertz CT molecular complexity index is 743. The molecule has 0 bridgehead atoms. The summed E-state index contributed by atoms with van der Waals surface area (Å²) in [5, 5.41) is 0. The molecule has 0 aromatic carbocycles. The Morgan fingerprint density at radius 2 is 2.17 bits per heavy atom. The summed E-state index contributed by atoms with van der Waals surface area (Å²) in [4.78, 5) is 39.6.